The van der Waals surface area contributed by atoms with E-state index in [-0.39, 0.29) is 23.0 Å². The van der Waals surface area contributed by atoms with Gasteiger partial charge in [0.25, 0.3) is 0 Å². The molecule has 0 saturated heterocycles. The van der Waals surface area contributed by atoms with Gasteiger partial charge < -0.3 is 4.74 Å². The summed E-state index contributed by atoms with van der Waals surface area (Å²) in [5.41, 5.74) is 0. The van der Waals surface area contributed by atoms with Crippen LogP contribution in [0.2, 0.25) is 0 Å². The normalized spacial score (nSPS) is 8.09. The van der Waals surface area contributed by atoms with Crippen LogP contribution in [0.25, 0.3) is 0 Å². The van der Waals surface area contributed by atoms with Gasteiger partial charge in [0.15, 0.2) is 0 Å². The minimum atomic E-state index is -0.286. The van der Waals surface area contributed by atoms with Crippen molar-refractivity contribution in [2.45, 2.75) is 6.92 Å². The third-order valence-electron chi connectivity index (χ3n) is 1.00. The van der Waals surface area contributed by atoms with E-state index in [0.717, 1.165) is 0 Å². The predicted octanol–water partition coefficient (Wildman–Crippen LogP) is 1.61. The molecule has 1 aromatic rings. The third kappa shape index (κ3) is 3.81. The summed E-state index contributed by atoms with van der Waals surface area (Å²) in [5, 5.41) is 0. The van der Waals surface area contributed by atoms with Gasteiger partial charge in [-0.3, -0.25) is 4.79 Å². The molecular formula is C8H8CuO2+2. The minimum absolute atomic E-state index is 0. The van der Waals surface area contributed by atoms with Gasteiger partial charge in [0.05, 0.1) is 0 Å². The fourth-order valence-electron chi connectivity index (χ4n) is 0.655. The molecule has 0 amide bonds. The second kappa shape index (κ2) is 4.94. The smallest absolute Gasteiger partial charge is 0.427 e. The Kier molecular flexibility index (Phi) is 4.58. The number of benzene rings is 1. The second-order valence-electron chi connectivity index (χ2n) is 1.91. The Bertz CT molecular complexity index is 221. The van der Waals surface area contributed by atoms with Crippen molar-refractivity contribution in [2.75, 3.05) is 0 Å². The number of para-hydroxylation sites is 1. The van der Waals surface area contributed by atoms with Crippen molar-refractivity contribution < 1.29 is 26.6 Å². The van der Waals surface area contributed by atoms with Crippen molar-refractivity contribution in [3.63, 3.8) is 0 Å². The molecule has 0 bridgehead atoms. The Morgan fingerprint density at radius 1 is 1.27 bits per heavy atom. The van der Waals surface area contributed by atoms with E-state index in [9.17, 15) is 4.79 Å². The first-order valence-corrected chi connectivity index (χ1v) is 3.02. The first kappa shape index (κ1) is 10.2. The molecule has 1 radical (unpaired) electrons. The number of esters is 1. The predicted molar refractivity (Wildman–Crippen MR) is 37.8 cm³/mol. The van der Waals surface area contributed by atoms with Gasteiger partial charge in [0, 0.05) is 6.92 Å². The van der Waals surface area contributed by atoms with Gasteiger partial charge in [-0.05, 0) is 12.1 Å². The van der Waals surface area contributed by atoms with Gasteiger partial charge >= 0.3 is 23.0 Å². The molecule has 0 aliphatic heterocycles. The summed E-state index contributed by atoms with van der Waals surface area (Å²) >= 11 is 0. The van der Waals surface area contributed by atoms with Gasteiger partial charge in [0.2, 0.25) is 0 Å². The fourth-order valence-corrected chi connectivity index (χ4v) is 0.655. The van der Waals surface area contributed by atoms with Crippen LogP contribution in [0.5, 0.6) is 5.75 Å². The van der Waals surface area contributed by atoms with Crippen LogP contribution in [0, 0.1) is 0 Å². The van der Waals surface area contributed by atoms with E-state index in [1.165, 1.54) is 6.92 Å². The monoisotopic (exact) mass is 199 g/mol. The molecule has 0 unspecified atom stereocenters. The van der Waals surface area contributed by atoms with Crippen LogP contribution in [-0.2, 0) is 21.9 Å². The van der Waals surface area contributed by atoms with Gasteiger partial charge in [-0.15, -0.1) is 0 Å². The largest absolute Gasteiger partial charge is 2.00 e. The minimum Gasteiger partial charge on any atom is -0.427 e. The summed E-state index contributed by atoms with van der Waals surface area (Å²) < 4.78 is 4.78. The number of ether oxygens (including phenoxy) is 1. The van der Waals surface area contributed by atoms with Crippen LogP contribution < -0.4 is 4.74 Å². The zero-order valence-corrected chi connectivity index (χ0v) is 6.95. The Hall–Kier alpha value is -0.791. The molecule has 1 rings (SSSR count). The van der Waals surface area contributed by atoms with Crippen LogP contribution in [-0.4, -0.2) is 5.97 Å². The zero-order valence-electron chi connectivity index (χ0n) is 6.00. The van der Waals surface area contributed by atoms with Gasteiger partial charge in [-0.25, -0.2) is 0 Å². The summed E-state index contributed by atoms with van der Waals surface area (Å²) in [7, 11) is 0. The summed E-state index contributed by atoms with van der Waals surface area (Å²) in [6.07, 6.45) is 0. The fraction of sp³-hybridized carbons (Fsp3) is 0.125. The SMILES string of the molecule is CC(=O)Oc1ccccc1.[Cu+2]. The Labute approximate surface area is 76.0 Å². The molecule has 0 spiro atoms. The Balaban J connectivity index is 0.000001000. The van der Waals surface area contributed by atoms with Gasteiger partial charge in [0.1, 0.15) is 5.75 Å². The number of rotatable bonds is 1. The molecule has 3 heteroatoms. The van der Waals surface area contributed by atoms with Crippen molar-refractivity contribution in [2.24, 2.45) is 0 Å². The van der Waals surface area contributed by atoms with Crippen LogP contribution in [0.15, 0.2) is 30.3 Å². The maximum atomic E-state index is 10.4. The quantitative estimate of drug-likeness (QED) is 0.390. The molecule has 1 aromatic carbocycles. The topological polar surface area (TPSA) is 26.3 Å². The third-order valence-corrected chi connectivity index (χ3v) is 1.00. The molecular weight excluding hydrogens is 192 g/mol. The average molecular weight is 200 g/mol. The molecule has 0 heterocycles. The van der Waals surface area contributed by atoms with Crippen molar-refractivity contribution in [1.29, 1.82) is 0 Å². The molecule has 0 atom stereocenters. The van der Waals surface area contributed by atoms with E-state index in [0.29, 0.717) is 5.75 Å². The molecule has 61 valence electrons. The molecule has 11 heavy (non-hydrogen) atoms. The van der Waals surface area contributed by atoms with Crippen molar-refractivity contribution in [3.05, 3.63) is 30.3 Å². The standard InChI is InChI=1S/C8H8O2.Cu/c1-7(9)10-8-5-3-2-4-6-8;/h2-6H,1H3;/q;+2. The number of hydrogen-bond donors (Lipinski definition) is 0. The Morgan fingerprint density at radius 3 is 2.27 bits per heavy atom. The number of carbonyl (C=O) groups is 1. The van der Waals surface area contributed by atoms with Crippen LogP contribution in [0.4, 0.5) is 0 Å². The summed E-state index contributed by atoms with van der Waals surface area (Å²) in [6.45, 7) is 1.38. The first-order chi connectivity index (χ1) is 4.79. The number of carbonyl (C=O) groups excluding carboxylic acids is 1. The average Bonchev–Trinajstić information content (AvgIpc) is 1.88. The summed E-state index contributed by atoms with van der Waals surface area (Å²) in [5.74, 6) is 0.307. The van der Waals surface area contributed by atoms with Crippen LogP contribution in [0.3, 0.4) is 0 Å². The van der Waals surface area contributed by atoms with Crippen LogP contribution in [0.1, 0.15) is 6.92 Å². The van der Waals surface area contributed by atoms with E-state index >= 15 is 0 Å². The van der Waals surface area contributed by atoms with E-state index in [4.69, 9.17) is 4.74 Å². The van der Waals surface area contributed by atoms with E-state index in [1.54, 1.807) is 12.1 Å². The zero-order chi connectivity index (χ0) is 7.40. The molecule has 0 aliphatic rings. The second-order valence-corrected chi connectivity index (χ2v) is 1.91. The maximum absolute atomic E-state index is 10.4. The van der Waals surface area contributed by atoms with E-state index < -0.39 is 0 Å². The molecule has 0 saturated carbocycles. The molecule has 0 aliphatic carbocycles. The van der Waals surface area contributed by atoms with Crippen molar-refractivity contribution >= 4 is 5.97 Å². The maximum Gasteiger partial charge on any atom is 2.00 e. The summed E-state index contributed by atoms with van der Waals surface area (Å²) in [6, 6.07) is 8.98. The Morgan fingerprint density at radius 2 is 1.82 bits per heavy atom. The van der Waals surface area contributed by atoms with Gasteiger partial charge in [-0.1, -0.05) is 18.2 Å². The van der Waals surface area contributed by atoms with Crippen molar-refractivity contribution in [1.82, 2.24) is 0 Å². The summed E-state index contributed by atoms with van der Waals surface area (Å²) in [4.78, 5) is 10.4. The van der Waals surface area contributed by atoms with Crippen molar-refractivity contribution in [3.8, 4) is 5.75 Å². The molecule has 0 fully saturated rings. The molecule has 0 aromatic heterocycles. The number of hydrogen-bond acceptors (Lipinski definition) is 2. The van der Waals surface area contributed by atoms with Gasteiger partial charge in [-0.2, -0.15) is 0 Å². The first-order valence-electron chi connectivity index (χ1n) is 3.02. The molecule has 0 N–H and O–H groups in total. The van der Waals surface area contributed by atoms with E-state index in [2.05, 4.69) is 0 Å². The van der Waals surface area contributed by atoms with E-state index in [1.807, 2.05) is 18.2 Å². The molecule has 2 nitrogen and oxygen atoms in total. The van der Waals surface area contributed by atoms with Crippen LogP contribution >= 0.6 is 0 Å².